The topological polar surface area (TPSA) is 78.9 Å². The van der Waals surface area contributed by atoms with Crippen LogP contribution >= 0.6 is 11.3 Å². The summed E-state index contributed by atoms with van der Waals surface area (Å²) in [5.41, 5.74) is 7.35. The lowest BCUT2D eigenvalue weighted by atomic mass is 10.1. The first-order chi connectivity index (χ1) is 8.52. The number of rotatable bonds is 4. The summed E-state index contributed by atoms with van der Waals surface area (Å²) >= 11 is 1.44. The van der Waals surface area contributed by atoms with Gasteiger partial charge >= 0.3 is 0 Å². The van der Waals surface area contributed by atoms with E-state index in [1.54, 1.807) is 0 Å². The van der Waals surface area contributed by atoms with E-state index in [9.17, 15) is 4.79 Å². The Morgan fingerprint density at radius 2 is 2.28 bits per heavy atom. The van der Waals surface area contributed by atoms with Crippen molar-refractivity contribution in [3.05, 3.63) is 16.0 Å². The number of carbonyl (C=O) groups is 1. The third-order valence-electron chi connectivity index (χ3n) is 3.35. The number of nitrogens with zero attached hydrogens (tertiary/aromatic N) is 1. The molecule has 4 nitrogen and oxygen atoms in total. The van der Waals surface area contributed by atoms with Crippen LogP contribution in [0.3, 0.4) is 0 Å². The highest BCUT2D eigenvalue weighted by Crippen LogP contribution is 2.34. The third kappa shape index (κ3) is 2.71. The summed E-state index contributed by atoms with van der Waals surface area (Å²) in [5.74, 6) is 0.438. The maximum atomic E-state index is 11.9. The van der Waals surface area contributed by atoms with E-state index in [0.717, 1.165) is 16.9 Å². The molecule has 1 fully saturated rings. The van der Waals surface area contributed by atoms with E-state index in [4.69, 9.17) is 11.0 Å². The van der Waals surface area contributed by atoms with Crippen LogP contribution in [0, 0.1) is 31.1 Å². The normalized spacial score (nSPS) is 16.1. The van der Waals surface area contributed by atoms with Crippen molar-refractivity contribution in [3.8, 4) is 6.07 Å². The zero-order chi connectivity index (χ0) is 13.3. The SMILES string of the molecule is Cc1sc(NC(=O)C(N)CC2CC2)c(C#N)c1C. The average Bonchev–Trinajstić information content (AvgIpc) is 3.08. The number of carbonyl (C=O) groups excluding carboxylic acids is 1. The van der Waals surface area contributed by atoms with Crippen molar-refractivity contribution < 1.29 is 4.79 Å². The highest BCUT2D eigenvalue weighted by Gasteiger charge is 2.27. The van der Waals surface area contributed by atoms with Crippen molar-refractivity contribution in [1.82, 2.24) is 0 Å². The van der Waals surface area contributed by atoms with Gasteiger partial charge < -0.3 is 11.1 Å². The molecule has 1 aliphatic carbocycles. The molecule has 1 amide bonds. The van der Waals surface area contributed by atoms with Crippen molar-refractivity contribution in [3.63, 3.8) is 0 Å². The maximum absolute atomic E-state index is 11.9. The molecule has 18 heavy (non-hydrogen) atoms. The molecule has 0 aromatic carbocycles. The van der Waals surface area contributed by atoms with Crippen LogP contribution in [0.2, 0.25) is 0 Å². The van der Waals surface area contributed by atoms with Gasteiger partial charge in [-0.2, -0.15) is 5.26 Å². The van der Waals surface area contributed by atoms with Crippen molar-refractivity contribution in [2.24, 2.45) is 11.7 Å². The summed E-state index contributed by atoms with van der Waals surface area (Å²) in [4.78, 5) is 13.0. The first kappa shape index (κ1) is 13.1. The largest absolute Gasteiger partial charge is 0.320 e. The van der Waals surface area contributed by atoms with Crippen LogP contribution < -0.4 is 11.1 Å². The minimum Gasteiger partial charge on any atom is -0.320 e. The predicted molar refractivity (Wildman–Crippen MR) is 72.5 cm³/mol. The molecule has 1 atom stereocenters. The lowest BCUT2D eigenvalue weighted by Gasteiger charge is -2.10. The molecule has 96 valence electrons. The Hall–Kier alpha value is -1.38. The van der Waals surface area contributed by atoms with Gasteiger partial charge in [-0.1, -0.05) is 12.8 Å². The highest BCUT2D eigenvalue weighted by molar-refractivity contribution is 7.16. The minimum absolute atomic E-state index is 0.181. The van der Waals surface area contributed by atoms with Gasteiger partial charge in [-0.15, -0.1) is 11.3 Å². The number of hydrogen-bond acceptors (Lipinski definition) is 4. The number of aryl methyl sites for hydroxylation is 1. The summed E-state index contributed by atoms with van der Waals surface area (Å²) in [6.45, 7) is 3.84. The second-order valence-electron chi connectivity index (χ2n) is 4.87. The minimum atomic E-state index is -0.466. The Morgan fingerprint density at radius 1 is 1.61 bits per heavy atom. The number of nitrogens with two attached hydrogens (primary N) is 1. The molecule has 1 aliphatic rings. The number of nitrogens with one attached hydrogen (secondary N) is 1. The molecule has 1 unspecified atom stereocenters. The van der Waals surface area contributed by atoms with Gasteiger partial charge in [0, 0.05) is 4.88 Å². The fourth-order valence-electron chi connectivity index (χ4n) is 1.87. The van der Waals surface area contributed by atoms with E-state index in [0.29, 0.717) is 16.5 Å². The number of amides is 1. The van der Waals surface area contributed by atoms with Gasteiger partial charge in [0.2, 0.25) is 5.91 Å². The van der Waals surface area contributed by atoms with E-state index in [1.807, 2.05) is 13.8 Å². The number of anilines is 1. The first-order valence-electron chi connectivity index (χ1n) is 6.09. The van der Waals surface area contributed by atoms with Crippen molar-refractivity contribution in [2.75, 3.05) is 5.32 Å². The summed E-state index contributed by atoms with van der Waals surface area (Å²) in [6.07, 6.45) is 3.11. The van der Waals surface area contributed by atoms with Gasteiger partial charge in [0.25, 0.3) is 0 Å². The molecule has 1 aromatic heterocycles. The molecular weight excluding hydrogens is 246 g/mol. The number of thiophene rings is 1. The van der Waals surface area contributed by atoms with Crippen LogP contribution in [0.15, 0.2) is 0 Å². The highest BCUT2D eigenvalue weighted by atomic mass is 32.1. The molecule has 0 spiro atoms. The molecule has 5 heteroatoms. The lowest BCUT2D eigenvalue weighted by Crippen LogP contribution is -2.35. The van der Waals surface area contributed by atoms with E-state index in [1.165, 1.54) is 24.2 Å². The van der Waals surface area contributed by atoms with E-state index >= 15 is 0 Å². The smallest absolute Gasteiger partial charge is 0.241 e. The van der Waals surface area contributed by atoms with Gasteiger partial charge in [0.05, 0.1) is 11.6 Å². The van der Waals surface area contributed by atoms with Crippen LogP contribution in [0.4, 0.5) is 5.00 Å². The fourth-order valence-corrected chi connectivity index (χ4v) is 2.89. The molecule has 0 bridgehead atoms. The van der Waals surface area contributed by atoms with Crippen LogP contribution in [-0.2, 0) is 4.79 Å². The Kier molecular flexibility index (Phi) is 3.69. The van der Waals surface area contributed by atoms with Crippen molar-refractivity contribution >= 4 is 22.2 Å². The van der Waals surface area contributed by atoms with Crippen LogP contribution in [0.5, 0.6) is 0 Å². The first-order valence-corrected chi connectivity index (χ1v) is 6.91. The molecule has 1 heterocycles. The van der Waals surface area contributed by atoms with E-state index in [2.05, 4.69) is 11.4 Å². The van der Waals surface area contributed by atoms with Gasteiger partial charge in [-0.3, -0.25) is 4.79 Å². The quantitative estimate of drug-likeness (QED) is 0.874. The standard InChI is InChI=1S/C13H17N3OS/c1-7-8(2)18-13(10(7)6-14)16-12(17)11(15)5-9-3-4-9/h9,11H,3-5,15H2,1-2H3,(H,16,17). The lowest BCUT2D eigenvalue weighted by molar-refractivity contribution is -0.117. The second kappa shape index (κ2) is 5.09. The molecule has 0 saturated heterocycles. The number of nitriles is 1. The summed E-state index contributed by atoms with van der Waals surface area (Å²) in [7, 11) is 0. The molecule has 0 radical (unpaired) electrons. The Bertz CT molecular complexity index is 511. The van der Waals surface area contributed by atoms with Gasteiger partial charge in [0.15, 0.2) is 0 Å². The predicted octanol–water partition coefficient (Wildman–Crippen LogP) is 2.30. The molecule has 1 aromatic rings. The van der Waals surface area contributed by atoms with Gasteiger partial charge in [-0.05, 0) is 31.7 Å². The van der Waals surface area contributed by atoms with E-state index in [-0.39, 0.29) is 5.91 Å². The Labute approximate surface area is 111 Å². The third-order valence-corrected chi connectivity index (χ3v) is 4.48. The Balaban J connectivity index is 2.06. The molecule has 3 N–H and O–H groups in total. The summed E-state index contributed by atoms with van der Waals surface area (Å²) in [6, 6.07) is 1.67. The van der Waals surface area contributed by atoms with E-state index < -0.39 is 6.04 Å². The zero-order valence-corrected chi connectivity index (χ0v) is 11.4. The molecular formula is C13H17N3OS. The van der Waals surface area contributed by atoms with Crippen molar-refractivity contribution in [2.45, 2.75) is 39.2 Å². The Morgan fingerprint density at radius 3 is 2.83 bits per heavy atom. The van der Waals surface area contributed by atoms with Crippen LogP contribution in [0.25, 0.3) is 0 Å². The second-order valence-corrected chi connectivity index (χ2v) is 6.10. The average molecular weight is 263 g/mol. The summed E-state index contributed by atoms with van der Waals surface area (Å²) in [5, 5.41) is 12.5. The van der Waals surface area contributed by atoms with Gasteiger partial charge in [0.1, 0.15) is 11.1 Å². The van der Waals surface area contributed by atoms with Crippen molar-refractivity contribution in [1.29, 1.82) is 5.26 Å². The molecule has 1 saturated carbocycles. The van der Waals surface area contributed by atoms with Crippen LogP contribution in [-0.4, -0.2) is 11.9 Å². The van der Waals surface area contributed by atoms with Crippen LogP contribution in [0.1, 0.15) is 35.3 Å². The number of hydrogen-bond donors (Lipinski definition) is 2. The summed E-state index contributed by atoms with van der Waals surface area (Å²) < 4.78 is 0. The monoisotopic (exact) mass is 263 g/mol. The molecule has 0 aliphatic heterocycles. The zero-order valence-electron chi connectivity index (χ0n) is 10.6. The molecule has 2 rings (SSSR count). The fraction of sp³-hybridized carbons (Fsp3) is 0.538. The maximum Gasteiger partial charge on any atom is 0.241 e. The van der Waals surface area contributed by atoms with Gasteiger partial charge in [-0.25, -0.2) is 0 Å².